The molecule has 2 aromatic heterocycles. The van der Waals surface area contributed by atoms with Crippen molar-refractivity contribution >= 4 is 42.3 Å². The summed E-state index contributed by atoms with van der Waals surface area (Å²) >= 11 is 1.41. The third-order valence-electron chi connectivity index (χ3n) is 6.97. The molecule has 0 bridgehead atoms. The predicted molar refractivity (Wildman–Crippen MR) is 146 cm³/mol. The van der Waals surface area contributed by atoms with Crippen molar-refractivity contribution in [3.8, 4) is 5.75 Å². The summed E-state index contributed by atoms with van der Waals surface area (Å²) in [6, 6.07) is 20.7. The van der Waals surface area contributed by atoms with Gasteiger partial charge in [0.15, 0.2) is 0 Å². The van der Waals surface area contributed by atoms with E-state index in [4.69, 9.17) is 4.74 Å². The largest absolute Gasteiger partial charge is 0.496 e. The van der Waals surface area contributed by atoms with Gasteiger partial charge in [-0.25, -0.2) is 13.4 Å². The summed E-state index contributed by atoms with van der Waals surface area (Å²) in [5.41, 5.74) is 1.87. The number of thiophene rings is 1. The molecule has 188 valence electrons. The van der Waals surface area contributed by atoms with Crippen LogP contribution >= 0.6 is 11.3 Å². The molecule has 0 saturated heterocycles. The molecule has 0 fully saturated rings. The molecule has 0 spiro atoms. The number of ether oxygens (including phenoxy) is 1. The van der Waals surface area contributed by atoms with E-state index in [1.54, 1.807) is 30.1 Å². The van der Waals surface area contributed by atoms with Crippen molar-refractivity contribution in [2.45, 2.75) is 30.8 Å². The fourth-order valence-electron chi connectivity index (χ4n) is 4.99. The number of aryl methyl sites for hydroxylation is 2. The van der Waals surface area contributed by atoms with Gasteiger partial charge in [-0.1, -0.05) is 48.5 Å². The van der Waals surface area contributed by atoms with Crippen LogP contribution in [0, 0.1) is 0 Å². The summed E-state index contributed by atoms with van der Waals surface area (Å²) in [6.07, 6.45) is 2.71. The molecule has 1 aliphatic rings. The molecule has 3 aromatic carbocycles. The summed E-state index contributed by atoms with van der Waals surface area (Å²) in [5.74, 6) is 0.796. The molecule has 6 rings (SSSR count). The van der Waals surface area contributed by atoms with Crippen LogP contribution in [0.4, 0.5) is 0 Å². The molecule has 37 heavy (non-hydrogen) atoms. The van der Waals surface area contributed by atoms with E-state index < -0.39 is 10.0 Å². The molecular formula is C28H25N3O4S2. The lowest BCUT2D eigenvalue weighted by molar-refractivity contribution is 0.396. The molecule has 7 nitrogen and oxygen atoms in total. The van der Waals surface area contributed by atoms with Crippen LogP contribution in [-0.2, 0) is 36.0 Å². The number of aromatic nitrogens is 2. The van der Waals surface area contributed by atoms with Gasteiger partial charge in [0.05, 0.1) is 23.7 Å². The van der Waals surface area contributed by atoms with Gasteiger partial charge in [-0.2, -0.15) is 4.31 Å². The zero-order valence-electron chi connectivity index (χ0n) is 20.3. The maximum absolute atomic E-state index is 13.5. The first kappa shape index (κ1) is 23.8. The predicted octanol–water partition coefficient (Wildman–Crippen LogP) is 4.61. The first-order valence-electron chi connectivity index (χ1n) is 12.1. The van der Waals surface area contributed by atoms with Gasteiger partial charge in [0.25, 0.3) is 5.56 Å². The minimum Gasteiger partial charge on any atom is -0.496 e. The molecule has 0 atom stereocenters. The molecule has 5 aromatic rings. The Labute approximate surface area is 218 Å². The van der Waals surface area contributed by atoms with Crippen molar-refractivity contribution in [2.75, 3.05) is 13.7 Å². The first-order chi connectivity index (χ1) is 18.0. The van der Waals surface area contributed by atoms with Crippen molar-refractivity contribution in [3.05, 3.63) is 99.4 Å². The fraction of sp³-hybridized carbons (Fsp3) is 0.214. The number of rotatable bonds is 6. The minimum absolute atomic E-state index is 0.0803. The van der Waals surface area contributed by atoms with Crippen molar-refractivity contribution in [1.29, 1.82) is 0 Å². The SMILES string of the molecule is COc1ccccc1CCn1cnc2sc3c(c2c1=O)CCN(S(=O)(=O)c1ccc2ccccc2c1)C3. The highest BCUT2D eigenvalue weighted by molar-refractivity contribution is 7.89. The molecule has 0 aliphatic carbocycles. The third-order valence-corrected chi connectivity index (χ3v) is 9.93. The maximum atomic E-state index is 13.5. The second kappa shape index (κ2) is 9.41. The summed E-state index contributed by atoms with van der Waals surface area (Å²) in [7, 11) is -2.03. The summed E-state index contributed by atoms with van der Waals surface area (Å²) in [5, 5.41) is 2.51. The van der Waals surface area contributed by atoms with Gasteiger partial charge in [0.1, 0.15) is 10.6 Å². The standard InChI is InChI=1S/C28H25N3O4S2/c1-35-24-9-5-4-7-20(24)12-14-30-18-29-27-26(28(30)32)23-13-15-31(17-25(23)36-27)37(33,34)22-11-10-19-6-2-3-8-21(19)16-22/h2-11,16,18H,12-15,17H2,1H3. The Bertz CT molecular complexity index is 1810. The number of para-hydroxylation sites is 1. The number of benzene rings is 3. The van der Waals surface area contributed by atoms with E-state index in [0.717, 1.165) is 32.5 Å². The zero-order valence-corrected chi connectivity index (χ0v) is 21.9. The molecule has 9 heteroatoms. The molecule has 0 N–H and O–H groups in total. The van der Waals surface area contributed by atoms with Gasteiger partial charge in [0, 0.05) is 24.5 Å². The number of hydrogen-bond donors (Lipinski definition) is 0. The molecule has 1 aliphatic heterocycles. The van der Waals surface area contributed by atoms with Crippen molar-refractivity contribution in [3.63, 3.8) is 0 Å². The van der Waals surface area contributed by atoms with Crippen LogP contribution in [0.15, 0.2) is 82.7 Å². The molecular weight excluding hydrogens is 506 g/mol. The highest BCUT2D eigenvalue weighted by Crippen LogP contribution is 2.34. The molecule has 0 radical (unpaired) electrons. The van der Waals surface area contributed by atoms with E-state index in [9.17, 15) is 13.2 Å². The Morgan fingerprint density at radius 2 is 1.81 bits per heavy atom. The Kier molecular flexibility index (Phi) is 6.06. The van der Waals surface area contributed by atoms with Crippen LogP contribution < -0.4 is 10.3 Å². The van der Waals surface area contributed by atoms with Crippen LogP contribution in [0.3, 0.4) is 0 Å². The Hall–Kier alpha value is -3.53. The summed E-state index contributed by atoms with van der Waals surface area (Å²) in [6.45, 7) is 1.05. The number of hydrogen-bond acceptors (Lipinski definition) is 6. The lowest BCUT2D eigenvalue weighted by Gasteiger charge is -2.26. The average molecular weight is 532 g/mol. The second-order valence-electron chi connectivity index (χ2n) is 9.09. The van der Waals surface area contributed by atoms with E-state index in [2.05, 4.69) is 4.98 Å². The molecule has 0 amide bonds. The van der Waals surface area contributed by atoms with E-state index >= 15 is 0 Å². The minimum atomic E-state index is -3.67. The van der Waals surface area contributed by atoms with Crippen LogP contribution in [0.2, 0.25) is 0 Å². The highest BCUT2D eigenvalue weighted by Gasteiger charge is 2.31. The molecule has 0 saturated carbocycles. The third kappa shape index (κ3) is 4.22. The number of fused-ring (bicyclic) bond motifs is 4. The topological polar surface area (TPSA) is 81.5 Å². The zero-order chi connectivity index (χ0) is 25.6. The average Bonchev–Trinajstić information content (AvgIpc) is 3.31. The van der Waals surface area contributed by atoms with Crippen molar-refractivity contribution < 1.29 is 13.2 Å². The first-order valence-corrected chi connectivity index (χ1v) is 14.3. The van der Waals surface area contributed by atoms with E-state index in [1.807, 2.05) is 54.6 Å². The van der Waals surface area contributed by atoms with E-state index in [0.29, 0.717) is 36.1 Å². The normalized spacial score (nSPS) is 14.2. The van der Waals surface area contributed by atoms with Gasteiger partial charge in [-0.05, 0) is 52.9 Å². The Morgan fingerprint density at radius 1 is 1.03 bits per heavy atom. The quantitative estimate of drug-likeness (QED) is 0.320. The van der Waals surface area contributed by atoms with Gasteiger partial charge < -0.3 is 4.74 Å². The van der Waals surface area contributed by atoms with Crippen LogP contribution in [-0.4, -0.2) is 35.9 Å². The van der Waals surface area contributed by atoms with Gasteiger partial charge >= 0.3 is 0 Å². The number of methoxy groups -OCH3 is 1. The van der Waals surface area contributed by atoms with Crippen molar-refractivity contribution in [1.82, 2.24) is 13.9 Å². The monoisotopic (exact) mass is 531 g/mol. The summed E-state index contributed by atoms with van der Waals surface area (Å²) < 4.78 is 35.6. The van der Waals surface area contributed by atoms with E-state index in [-0.39, 0.29) is 17.0 Å². The van der Waals surface area contributed by atoms with E-state index in [1.165, 1.54) is 15.6 Å². The summed E-state index contributed by atoms with van der Waals surface area (Å²) in [4.78, 5) is 19.8. The maximum Gasteiger partial charge on any atom is 0.262 e. The van der Waals surface area contributed by atoms with Gasteiger partial charge in [-0.3, -0.25) is 9.36 Å². The Balaban J connectivity index is 1.29. The lowest BCUT2D eigenvalue weighted by Crippen LogP contribution is -2.35. The molecule has 3 heterocycles. The number of sulfonamides is 1. The second-order valence-corrected chi connectivity index (χ2v) is 12.1. The fourth-order valence-corrected chi connectivity index (χ4v) is 7.71. The van der Waals surface area contributed by atoms with Crippen LogP contribution in [0.25, 0.3) is 21.0 Å². The van der Waals surface area contributed by atoms with Crippen LogP contribution in [0.5, 0.6) is 5.75 Å². The van der Waals surface area contributed by atoms with Gasteiger partial charge in [0.2, 0.25) is 10.0 Å². The number of nitrogens with zero attached hydrogens (tertiary/aromatic N) is 3. The van der Waals surface area contributed by atoms with Crippen LogP contribution in [0.1, 0.15) is 16.0 Å². The molecule has 0 unspecified atom stereocenters. The smallest absolute Gasteiger partial charge is 0.262 e. The van der Waals surface area contributed by atoms with Gasteiger partial charge in [-0.15, -0.1) is 11.3 Å². The van der Waals surface area contributed by atoms with Crippen molar-refractivity contribution in [2.24, 2.45) is 0 Å². The Morgan fingerprint density at radius 3 is 2.65 bits per heavy atom. The lowest BCUT2D eigenvalue weighted by atomic mass is 10.1. The highest BCUT2D eigenvalue weighted by atomic mass is 32.2.